The van der Waals surface area contributed by atoms with Crippen molar-refractivity contribution in [3.63, 3.8) is 0 Å². The van der Waals surface area contributed by atoms with E-state index in [2.05, 4.69) is 17.4 Å². The van der Waals surface area contributed by atoms with Gasteiger partial charge >= 0.3 is 0 Å². The lowest BCUT2D eigenvalue weighted by atomic mass is 9.89. The third-order valence-electron chi connectivity index (χ3n) is 4.83. The van der Waals surface area contributed by atoms with Crippen LogP contribution in [0.3, 0.4) is 0 Å². The number of hydrogen-bond acceptors (Lipinski definition) is 2. The van der Waals surface area contributed by atoms with Crippen molar-refractivity contribution in [2.75, 3.05) is 6.54 Å². The maximum atomic E-state index is 12.3. The molecular weight excluding hydrogens is 246 g/mol. The van der Waals surface area contributed by atoms with Crippen molar-refractivity contribution >= 4 is 5.78 Å². The molecule has 0 atom stereocenters. The second-order valence-corrected chi connectivity index (χ2v) is 6.33. The Balaban J connectivity index is 1.59. The third-order valence-corrected chi connectivity index (χ3v) is 4.83. The van der Waals surface area contributed by atoms with E-state index in [1.165, 1.54) is 62.5 Å². The number of rotatable bonds is 4. The van der Waals surface area contributed by atoms with Crippen LogP contribution in [0.5, 0.6) is 0 Å². The molecule has 2 aliphatic rings. The van der Waals surface area contributed by atoms with Crippen molar-refractivity contribution in [1.82, 2.24) is 5.32 Å². The molecule has 0 amide bonds. The fraction of sp³-hybridized carbons (Fsp3) is 0.611. The van der Waals surface area contributed by atoms with Crippen LogP contribution in [0, 0.1) is 0 Å². The Morgan fingerprint density at radius 3 is 2.55 bits per heavy atom. The van der Waals surface area contributed by atoms with Gasteiger partial charge in [-0.05, 0) is 55.7 Å². The van der Waals surface area contributed by atoms with Gasteiger partial charge in [0.1, 0.15) is 0 Å². The first kappa shape index (κ1) is 13.8. The minimum atomic E-state index is 0.254. The van der Waals surface area contributed by atoms with Crippen LogP contribution in [0.15, 0.2) is 18.2 Å². The summed E-state index contributed by atoms with van der Waals surface area (Å²) in [6.45, 7) is 0.503. The van der Waals surface area contributed by atoms with E-state index in [9.17, 15) is 4.79 Å². The molecule has 2 nitrogen and oxygen atoms in total. The maximum Gasteiger partial charge on any atom is 0.176 e. The van der Waals surface area contributed by atoms with Gasteiger partial charge in [0.15, 0.2) is 5.78 Å². The highest BCUT2D eigenvalue weighted by molar-refractivity contribution is 5.97. The molecule has 2 aliphatic carbocycles. The second-order valence-electron chi connectivity index (χ2n) is 6.33. The van der Waals surface area contributed by atoms with E-state index in [-0.39, 0.29) is 5.78 Å². The van der Waals surface area contributed by atoms with Crippen molar-refractivity contribution in [2.45, 2.75) is 63.8 Å². The Labute approximate surface area is 122 Å². The van der Waals surface area contributed by atoms with E-state index >= 15 is 0 Å². The zero-order chi connectivity index (χ0) is 13.8. The summed E-state index contributed by atoms with van der Waals surface area (Å²) in [4.78, 5) is 12.3. The van der Waals surface area contributed by atoms with Crippen molar-refractivity contribution in [3.8, 4) is 0 Å². The lowest BCUT2D eigenvalue weighted by Crippen LogP contribution is -2.35. The number of hydrogen-bond donors (Lipinski definition) is 1. The predicted octanol–water partition coefficient (Wildman–Crippen LogP) is 3.67. The van der Waals surface area contributed by atoms with Crippen molar-refractivity contribution in [2.24, 2.45) is 0 Å². The first-order chi connectivity index (χ1) is 9.83. The van der Waals surface area contributed by atoms with E-state index < -0.39 is 0 Å². The summed E-state index contributed by atoms with van der Waals surface area (Å²) in [7, 11) is 0. The highest BCUT2D eigenvalue weighted by atomic mass is 16.1. The summed E-state index contributed by atoms with van der Waals surface area (Å²) in [6.07, 6.45) is 11.3. The molecule has 0 radical (unpaired) electrons. The molecule has 0 aromatic heterocycles. The van der Waals surface area contributed by atoms with Gasteiger partial charge in [-0.1, -0.05) is 31.4 Å². The largest absolute Gasteiger partial charge is 0.307 e. The van der Waals surface area contributed by atoms with Crippen LogP contribution in [-0.2, 0) is 12.8 Å². The van der Waals surface area contributed by atoms with E-state index in [0.717, 1.165) is 12.0 Å². The van der Waals surface area contributed by atoms with Gasteiger partial charge in [-0.25, -0.2) is 0 Å². The monoisotopic (exact) mass is 271 g/mol. The molecular formula is C18H25NO. The minimum Gasteiger partial charge on any atom is -0.307 e. The van der Waals surface area contributed by atoms with E-state index in [4.69, 9.17) is 0 Å². The van der Waals surface area contributed by atoms with Crippen LogP contribution in [0.1, 0.15) is 66.4 Å². The van der Waals surface area contributed by atoms with Crippen molar-refractivity contribution in [3.05, 3.63) is 34.9 Å². The summed E-state index contributed by atoms with van der Waals surface area (Å²) in [6, 6.07) is 6.89. The molecule has 1 N–H and O–H groups in total. The summed E-state index contributed by atoms with van der Waals surface area (Å²) < 4.78 is 0. The number of fused-ring (bicyclic) bond motifs is 1. The van der Waals surface area contributed by atoms with Crippen molar-refractivity contribution in [1.29, 1.82) is 0 Å². The second kappa shape index (κ2) is 6.53. The smallest absolute Gasteiger partial charge is 0.176 e. The van der Waals surface area contributed by atoms with Crippen LogP contribution in [0.2, 0.25) is 0 Å². The highest BCUT2D eigenvalue weighted by Gasteiger charge is 2.16. The maximum absolute atomic E-state index is 12.3. The highest BCUT2D eigenvalue weighted by Crippen LogP contribution is 2.22. The van der Waals surface area contributed by atoms with Crippen LogP contribution in [-0.4, -0.2) is 18.4 Å². The lowest BCUT2D eigenvalue weighted by molar-refractivity contribution is 0.0984. The molecule has 0 aliphatic heterocycles. The molecule has 3 rings (SSSR count). The molecule has 1 aromatic carbocycles. The molecule has 108 valence electrons. The Morgan fingerprint density at radius 2 is 1.75 bits per heavy atom. The van der Waals surface area contributed by atoms with Gasteiger partial charge in [0.25, 0.3) is 0 Å². The number of carbonyl (C=O) groups excluding carboxylic acids is 1. The lowest BCUT2D eigenvalue weighted by Gasteiger charge is -2.22. The number of carbonyl (C=O) groups is 1. The van der Waals surface area contributed by atoms with Crippen LogP contribution < -0.4 is 5.32 Å². The average Bonchev–Trinajstić information content (AvgIpc) is 2.53. The number of nitrogens with one attached hydrogen (secondary N) is 1. The van der Waals surface area contributed by atoms with Crippen LogP contribution in [0.25, 0.3) is 0 Å². The molecule has 0 unspecified atom stereocenters. The first-order valence-corrected chi connectivity index (χ1v) is 8.21. The SMILES string of the molecule is O=C(CNC1CCCCC1)c1ccc2c(c1)CCCC2. The van der Waals surface area contributed by atoms with Gasteiger partial charge < -0.3 is 5.32 Å². The van der Waals surface area contributed by atoms with Crippen LogP contribution >= 0.6 is 0 Å². The molecule has 2 heteroatoms. The summed E-state index contributed by atoms with van der Waals surface area (Å²) in [5.41, 5.74) is 3.75. The zero-order valence-electron chi connectivity index (χ0n) is 12.3. The number of Topliss-reactive ketones (excluding diaryl/α,β-unsaturated/α-hetero) is 1. The minimum absolute atomic E-state index is 0.254. The Kier molecular flexibility index (Phi) is 4.51. The van der Waals surface area contributed by atoms with E-state index in [0.29, 0.717) is 12.6 Å². The Morgan fingerprint density at radius 1 is 1.00 bits per heavy atom. The topological polar surface area (TPSA) is 29.1 Å². The molecule has 1 fully saturated rings. The molecule has 0 spiro atoms. The zero-order valence-corrected chi connectivity index (χ0v) is 12.3. The Bertz CT molecular complexity index is 474. The summed E-state index contributed by atoms with van der Waals surface area (Å²) >= 11 is 0. The number of ketones is 1. The summed E-state index contributed by atoms with van der Waals surface area (Å²) in [5, 5.41) is 3.45. The fourth-order valence-electron chi connectivity index (χ4n) is 3.55. The molecule has 0 saturated heterocycles. The normalized spacial score (nSPS) is 19.6. The van der Waals surface area contributed by atoms with Crippen LogP contribution in [0.4, 0.5) is 0 Å². The predicted molar refractivity (Wildman–Crippen MR) is 82.3 cm³/mol. The fourth-order valence-corrected chi connectivity index (χ4v) is 3.55. The standard InChI is InChI=1S/C18H25NO/c20-18(13-19-17-8-2-1-3-9-17)16-11-10-14-6-4-5-7-15(14)12-16/h10-12,17,19H,1-9,13H2. The summed E-state index contributed by atoms with van der Waals surface area (Å²) in [5.74, 6) is 0.254. The average molecular weight is 271 g/mol. The van der Waals surface area contributed by atoms with Gasteiger partial charge in [0, 0.05) is 11.6 Å². The number of benzene rings is 1. The van der Waals surface area contributed by atoms with Gasteiger partial charge in [-0.15, -0.1) is 0 Å². The third kappa shape index (κ3) is 3.29. The molecule has 1 aromatic rings. The van der Waals surface area contributed by atoms with Gasteiger partial charge in [-0.2, -0.15) is 0 Å². The van der Waals surface area contributed by atoms with E-state index in [1.54, 1.807) is 0 Å². The molecule has 0 heterocycles. The van der Waals surface area contributed by atoms with E-state index in [1.807, 2.05) is 6.07 Å². The molecule has 20 heavy (non-hydrogen) atoms. The quantitative estimate of drug-likeness (QED) is 0.847. The Hall–Kier alpha value is -1.15. The van der Waals surface area contributed by atoms with Crippen molar-refractivity contribution < 1.29 is 4.79 Å². The number of aryl methyl sites for hydroxylation is 2. The van der Waals surface area contributed by atoms with Gasteiger partial charge in [0.2, 0.25) is 0 Å². The molecule has 1 saturated carbocycles. The molecule has 0 bridgehead atoms. The van der Waals surface area contributed by atoms with Gasteiger partial charge in [-0.3, -0.25) is 4.79 Å². The van der Waals surface area contributed by atoms with Gasteiger partial charge in [0.05, 0.1) is 6.54 Å². The first-order valence-electron chi connectivity index (χ1n) is 8.21.